The van der Waals surface area contributed by atoms with E-state index in [2.05, 4.69) is 97.1 Å². The van der Waals surface area contributed by atoms with E-state index in [0.717, 1.165) is 67.3 Å². The van der Waals surface area contributed by atoms with Crippen molar-refractivity contribution in [2.24, 2.45) is 0 Å². The minimum absolute atomic E-state index is 0.705. The van der Waals surface area contributed by atoms with Gasteiger partial charge in [-0.1, -0.05) is 164 Å². The van der Waals surface area contributed by atoms with Crippen LogP contribution in [-0.2, 0) is 0 Å². The zero-order valence-corrected chi connectivity index (χ0v) is 26.1. The van der Waals surface area contributed by atoms with Crippen LogP contribution in [0.1, 0.15) is 0 Å². The molecule has 0 radical (unpaired) electrons. The minimum Gasteiger partial charge on any atom is -0.228 e. The van der Waals surface area contributed by atoms with Gasteiger partial charge in [-0.05, 0) is 29.3 Å². The molecule has 0 aliphatic carbocycles. The van der Waals surface area contributed by atoms with Crippen molar-refractivity contribution in [1.29, 1.82) is 0 Å². The maximum Gasteiger partial charge on any atom is 0.160 e. The lowest BCUT2D eigenvalue weighted by Crippen LogP contribution is -1.96. The third-order valence-electron chi connectivity index (χ3n) is 8.33. The molecular weight excluding hydrogens is 585 g/mol. The van der Waals surface area contributed by atoms with Crippen LogP contribution in [-0.4, -0.2) is 19.9 Å². The normalized spacial score (nSPS) is 10.9. The number of hydrogen-bond acceptors (Lipinski definition) is 4. The molecule has 0 atom stereocenters. The summed E-state index contributed by atoms with van der Waals surface area (Å²) in [5, 5.41) is 0. The molecule has 0 fully saturated rings. The Morgan fingerprint density at radius 2 is 0.521 bits per heavy atom. The molecule has 8 rings (SSSR count). The van der Waals surface area contributed by atoms with Gasteiger partial charge in [-0.15, -0.1) is 0 Å². The van der Waals surface area contributed by atoms with Gasteiger partial charge in [0.25, 0.3) is 0 Å². The highest BCUT2D eigenvalue weighted by molar-refractivity contribution is 5.78. The van der Waals surface area contributed by atoms with Crippen LogP contribution in [0.5, 0.6) is 0 Å². The fourth-order valence-electron chi connectivity index (χ4n) is 5.83. The Bertz CT molecular complexity index is 2190. The molecule has 226 valence electrons. The molecule has 8 aromatic rings. The van der Waals surface area contributed by atoms with Crippen LogP contribution in [0.15, 0.2) is 182 Å². The summed E-state index contributed by atoms with van der Waals surface area (Å²) in [6, 6.07) is 62.1. The maximum atomic E-state index is 5.03. The van der Waals surface area contributed by atoms with E-state index < -0.39 is 0 Å². The Hall–Kier alpha value is -6.52. The Morgan fingerprint density at radius 3 is 0.958 bits per heavy atom. The summed E-state index contributed by atoms with van der Waals surface area (Å²) < 4.78 is 0. The van der Waals surface area contributed by atoms with Gasteiger partial charge in [-0.25, -0.2) is 19.9 Å². The van der Waals surface area contributed by atoms with E-state index in [-0.39, 0.29) is 0 Å². The van der Waals surface area contributed by atoms with Crippen LogP contribution in [0, 0.1) is 0 Å². The highest BCUT2D eigenvalue weighted by atomic mass is 14.9. The van der Waals surface area contributed by atoms with Crippen molar-refractivity contribution in [2.75, 3.05) is 0 Å². The highest BCUT2D eigenvalue weighted by Crippen LogP contribution is 2.32. The largest absolute Gasteiger partial charge is 0.228 e. The van der Waals surface area contributed by atoms with Gasteiger partial charge in [0.1, 0.15) is 0 Å². The van der Waals surface area contributed by atoms with Gasteiger partial charge in [-0.3, -0.25) is 0 Å². The fourth-order valence-corrected chi connectivity index (χ4v) is 5.83. The third-order valence-corrected chi connectivity index (χ3v) is 8.33. The topological polar surface area (TPSA) is 51.6 Å². The minimum atomic E-state index is 0.705. The standard InChI is InChI=1S/C44H30N4/c1-5-14-32(15-6-1)39-29-41(47-43(45-39)35-18-9-3-10-19-35)34-26-24-31(25-27-34)37-22-13-23-38(28-37)42-30-40(33-16-7-2-8-17-33)46-44(48-42)36-20-11-4-12-21-36/h1-30H. The number of hydrogen-bond donors (Lipinski definition) is 0. The number of rotatable bonds is 7. The molecule has 4 heteroatoms. The molecule has 0 unspecified atom stereocenters. The van der Waals surface area contributed by atoms with E-state index in [1.54, 1.807) is 0 Å². The summed E-state index contributed by atoms with van der Waals surface area (Å²) in [7, 11) is 0. The lowest BCUT2D eigenvalue weighted by Gasteiger charge is -2.11. The second-order valence-electron chi connectivity index (χ2n) is 11.5. The van der Waals surface area contributed by atoms with Crippen molar-refractivity contribution in [1.82, 2.24) is 19.9 Å². The first-order valence-corrected chi connectivity index (χ1v) is 16.0. The van der Waals surface area contributed by atoms with Crippen LogP contribution in [0.25, 0.3) is 78.9 Å². The van der Waals surface area contributed by atoms with Crippen molar-refractivity contribution in [3.8, 4) is 78.9 Å². The number of nitrogens with zero attached hydrogens (tertiary/aromatic N) is 4. The van der Waals surface area contributed by atoms with Crippen molar-refractivity contribution >= 4 is 0 Å². The van der Waals surface area contributed by atoms with Crippen LogP contribution >= 0.6 is 0 Å². The third kappa shape index (κ3) is 6.15. The zero-order chi connectivity index (χ0) is 32.1. The Kier molecular flexibility index (Phi) is 7.87. The van der Waals surface area contributed by atoms with E-state index >= 15 is 0 Å². The van der Waals surface area contributed by atoms with Gasteiger partial charge in [0.15, 0.2) is 11.6 Å². The molecule has 48 heavy (non-hydrogen) atoms. The summed E-state index contributed by atoms with van der Waals surface area (Å²) in [4.78, 5) is 19.9. The molecule has 6 aromatic carbocycles. The molecular formula is C44H30N4. The molecule has 0 aliphatic heterocycles. The molecule has 0 aliphatic rings. The molecule has 4 nitrogen and oxygen atoms in total. The van der Waals surface area contributed by atoms with Gasteiger partial charge in [-0.2, -0.15) is 0 Å². The summed E-state index contributed by atoms with van der Waals surface area (Å²) >= 11 is 0. The lowest BCUT2D eigenvalue weighted by atomic mass is 9.98. The second kappa shape index (κ2) is 13.1. The van der Waals surface area contributed by atoms with Crippen LogP contribution in [0.4, 0.5) is 0 Å². The van der Waals surface area contributed by atoms with Gasteiger partial charge < -0.3 is 0 Å². The molecule has 0 bridgehead atoms. The first-order chi connectivity index (χ1) is 23.8. The number of benzene rings is 6. The predicted molar refractivity (Wildman–Crippen MR) is 196 cm³/mol. The Morgan fingerprint density at radius 1 is 0.208 bits per heavy atom. The first-order valence-electron chi connectivity index (χ1n) is 16.0. The molecule has 0 saturated heterocycles. The van der Waals surface area contributed by atoms with Crippen LogP contribution in [0.3, 0.4) is 0 Å². The van der Waals surface area contributed by atoms with Crippen molar-refractivity contribution < 1.29 is 0 Å². The monoisotopic (exact) mass is 614 g/mol. The van der Waals surface area contributed by atoms with E-state index in [4.69, 9.17) is 19.9 Å². The lowest BCUT2D eigenvalue weighted by molar-refractivity contribution is 1.18. The summed E-state index contributed by atoms with van der Waals surface area (Å²) in [6.45, 7) is 0. The molecule has 2 aromatic heterocycles. The number of aromatic nitrogens is 4. The Balaban J connectivity index is 1.16. The maximum absolute atomic E-state index is 5.03. The van der Waals surface area contributed by atoms with Crippen molar-refractivity contribution in [3.05, 3.63) is 182 Å². The summed E-state index contributed by atoms with van der Waals surface area (Å²) in [6.07, 6.45) is 0. The second-order valence-corrected chi connectivity index (χ2v) is 11.5. The zero-order valence-electron chi connectivity index (χ0n) is 26.1. The van der Waals surface area contributed by atoms with Crippen LogP contribution < -0.4 is 0 Å². The van der Waals surface area contributed by atoms with E-state index in [0.29, 0.717) is 11.6 Å². The van der Waals surface area contributed by atoms with Gasteiger partial charge >= 0.3 is 0 Å². The molecule has 0 spiro atoms. The average Bonchev–Trinajstić information content (AvgIpc) is 3.19. The smallest absolute Gasteiger partial charge is 0.160 e. The first kappa shape index (κ1) is 28.9. The van der Waals surface area contributed by atoms with Gasteiger partial charge in [0, 0.05) is 33.4 Å². The van der Waals surface area contributed by atoms with E-state index in [1.807, 2.05) is 84.9 Å². The summed E-state index contributed by atoms with van der Waals surface area (Å²) in [5.74, 6) is 1.41. The van der Waals surface area contributed by atoms with E-state index in [1.165, 1.54) is 0 Å². The highest BCUT2D eigenvalue weighted by Gasteiger charge is 2.13. The SMILES string of the molecule is c1ccc(-c2cc(-c3ccc(-c4cccc(-c5cc(-c6ccccc6)nc(-c6ccccc6)n5)c4)cc3)nc(-c3ccccc3)n2)cc1. The summed E-state index contributed by atoms with van der Waals surface area (Å²) in [5.41, 5.74) is 11.9. The molecule has 0 N–H and O–H groups in total. The molecule has 2 heterocycles. The Labute approximate surface area is 280 Å². The quantitative estimate of drug-likeness (QED) is 0.179. The molecule has 0 saturated carbocycles. The van der Waals surface area contributed by atoms with Gasteiger partial charge in [0.05, 0.1) is 22.8 Å². The van der Waals surface area contributed by atoms with Crippen molar-refractivity contribution in [2.45, 2.75) is 0 Å². The fraction of sp³-hybridized carbons (Fsp3) is 0. The van der Waals surface area contributed by atoms with E-state index in [9.17, 15) is 0 Å². The predicted octanol–water partition coefficient (Wildman–Crippen LogP) is 10.9. The average molecular weight is 615 g/mol. The van der Waals surface area contributed by atoms with Crippen molar-refractivity contribution in [3.63, 3.8) is 0 Å². The molecule has 0 amide bonds. The van der Waals surface area contributed by atoms with Gasteiger partial charge in [0.2, 0.25) is 0 Å². The van der Waals surface area contributed by atoms with Crippen LogP contribution in [0.2, 0.25) is 0 Å².